The van der Waals surface area contributed by atoms with E-state index in [1.54, 1.807) is 6.92 Å². The molecule has 0 saturated heterocycles. The highest BCUT2D eigenvalue weighted by Crippen LogP contribution is 2.15. The second-order valence-electron chi connectivity index (χ2n) is 5.54. The maximum Gasteiger partial charge on any atom is 0.265 e. The number of hydrogen-bond acceptors (Lipinski definition) is 3. The second kappa shape index (κ2) is 8.34. The molecule has 4 nitrogen and oxygen atoms in total. The van der Waals surface area contributed by atoms with Gasteiger partial charge in [0.25, 0.3) is 5.91 Å². The second-order valence-corrected chi connectivity index (χ2v) is 5.54. The molecule has 0 aliphatic heterocycles. The zero-order valence-electron chi connectivity index (χ0n) is 13.9. The van der Waals surface area contributed by atoms with E-state index in [-0.39, 0.29) is 5.91 Å². The fraction of sp³-hybridized carbons (Fsp3) is 0.316. The summed E-state index contributed by atoms with van der Waals surface area (Å²) < 4.78 is 5.67. The van der Waals surface area contributed by atoms with Gasteiger partial charge in [0.2, 0.25) is 0 Å². The Kier molecular flexibility index (Phi) is 6.18. The van der Waals surface area contributed by atoms with Crippen LogP contribution in [0, 0.1) is 6.92 Å². The molecule has 2 aromatic carbocycles. The smallest absolute Gasteiger partial charge is 0.265 e. The number of hydrogen-bond donors (Lipinski definition) is 2. The Bertz CT molecular complexity index is 638. The predicted octanol–water partition coefficient (Wildman–Crippen LogP) is 3.51. The van der Waals surface area contributed by atoms with Crippen LogP contribution in [0.15, 0.2) is 48.5 Å². The van der Waals surface area contributed by atoms with Crippen molar-refractivity contribution in [3.8, 4) is 5.75 Å². The summed E-state index contributed by atoms with van der Waals surface area (Å²) in [4.78, 5) is 12.3. The van der Waals surface area contributed by atoms with E-state index in [1.165, 1.54) is 0 Å². The minimum absolute atomic E-state index is 0.161. The Morgan fingerprint density at radius 1 is 1.17 bits per heavy atom. The average molecular weight is 312 g/mol. The number of carbonyl (C=O) groups is 1. The summed E-state index contributed by atoms with van der Waals surface area (Å²) in [6.45, 7) is 7.53. The third-order valence-corrected chi connectivity index (χ3v) is 3.48. The van der Waals surface area contributed by atoms with Crippen molar-refractivity contribution < 1.29 is 9.53 Å². The highest BCUT2D eigenvalue weighted by Gasteiger charge is 2.14. The molecule has 0 aliphatic rings. The molecule has 4 heteroatoms. The van der Waals surface area contributed by atoms with Crippen LogP contribution in [0.2, 0.25) is 0 Å². The first-order chi connectivity index (χ1) is 11.1. The summed E-state index contributed by atoms with van der Waals surface area (Å²) in [6, 6.07) is 15.5. The predicted molar refractivity (Wildman–Crippen MR) is 93.7 cm³/mol. The summed E-state index contributed by atoms with van der Waals surface area (Å²) in [5, 5.41) is 6.17. The van der Waals surface area contributed by atoms with Crippen LogP contribution in [0.25, 0.3) is 0 Å². The van der Waals surface area contributed by atoms with E-state index >= 15 is 0 Å². The molecular weight excluding hydrogens is 288 g/mol. The van der Waals surface area contributed by atoms with E-state index in [4.69, 9.17) is 4.74 Å². The number of carbonyl (C=O) groups excluding carboxylic acids is 1. The molecule has 1 unspecified atom stereocenters. The molecule has 0 heterocycles. The van der Waals surface area contributed by atoms with Crippen LogP contribution >= 0.6 is 0 Å². The van der Waals surface area contributed by atoms with Gasteiger partial charge in [-0.3, -0.25) is 4.79 Å². The first-order valence-corrected chi connectivity index (χ1v) is 7.92. The van der Waals surface area contributed by atoms with E-state index in [2.05, 4.69) is 17.6 Å². The zero-order chi connectivity index (χ0) is 16.7. The Morgan fingerprint density at radius 2 is 1.91 bits per heavy atom. The minimum Gasteiger partial charge on any atom is -0.481 e. The maximum atomic E-state index is 12.3. The molecule has 0 saturated carbocycles. The van der Waals surface area contributed by atoms with Gasteiger partial charge in [0.1, 0.15) is 5.75 Å². The van der Waals surface area contributed by atoms with Gasteiger partial charge in [-0.2, -0.15) is 0 Å². The van der Waals surface area contributed by atoms with Crippen LogP contribution in [-0.4, -0.2) is 18.6 Å². The number of nitrogens with one attached hydrogen (secondary N) is 2. The SMILES string of the molecule is CCNCc1cccc(NC(=O)C(C)Oc2ccc(C)cc2)c1. The van der Waals surface area contributed by atoms with Crippen molar-refractivity contribution in [2.75, 3.05) is 11.9 Å². The molecule has 2 N–H and O–H groups in total. The van der Waals surface area contributed by atoms with Crippen molar-refractivity contribution in [3.63, 3.8) is 0 Å². The van der Waals surface area contributed by atoms with E-state index < -0.39 is 6.10 Å². The quantitative estimate of drug-likeness (QED) is 0.822. The van der Waals surface area contributed by atoms with Crippen molar-refractivity contribution in [2.24, 2.45) is 0 Å². The molecular formula is C19H24N2O2. The number of anilines is 1. The van der Waals surface area contributed by atoms with Crippen molar-refractivity contribution in [1.29, 1.82) is 0 Å². The molecule has 122 valence electrons. The Balaban J connectivity index is 1.93. The lowest BCUT2D eigenvalue weighted by molar-refractivity contribution is -0.122. The summed E-state index contributed by atoms with van der Waals surface area (Å²) in [6.07, 6.45) is -0.560. The van der Waals surface area contributed by atoms with Gasteiger partial charge in [-0.1, -0.05) is 36.8 Å². The molecule has 1 amide bonds. The molecule has 0 spiro atoms. The van der Waals surface area contributed by atoms with Crippen LogP contribution in [-0.2, 0) is 11.3 Å². The number of rotatable bonds is 7. The van der Waals surface area contributed by atoms with Gasteiger partial charge in [0.05, 0.1) is 0 Å². The maximum absolute atomic E-state index is 12.3. The van der Waals surface area contributed by atoms with Gasteiger partial charge in [-0.25, -0.2) is 0 Å². The molecule has 0 fully saturated rings. The van der Waals surface area contributed by atoms with Crippen LogP contribution in [0.5, 0.6) is 5.75 Å². The monoisotopic (exact) mass is 312 g/mol. The molecule has 23 heavy (non-hydrogen) atoms. The van der Waals surface area contributed by atoms with E-state index in [1.807, 2.05) is 55.5 Å². The normalized spacial score (nSPS) is 11.8. The standard InChI is InChI=1S/C19H24N2O2/c1-4-20-13-16-6-5-7-17(12-16)21-19(22)15(3)23-18-10-8-14(2)9-11-18/h5-12,15,20H,4,13H2,1-3H3,(H,21,22). The van der Waals surface area contributed by atoms with Crippen LogP contribution in [0.1, 0.15) is 25.0 Å². The number of aryl methyl sites for hydroxylation is 1. The average Bonchev–Trinajstić information content (AvgIpc) is 2.55. The van der Waals surface area contributed by atoms with Gasteiger partial charge in [-0.15, -0.1) is 0 Å². The summed E-state index contributed by atoms with van der Waals surface area (Å²) in [5.74, 6) is 0.533. The van der Waals surface area contributed by atoms with Gasteiger partial charge in [-0.05, 0) is 50.2 Å². The first-order valence-electron chi connectivity index (χ1n) is 7.92. The summed E-state index contributed by atoms with van der Waals surface area (Å²) in [7, 11) is 0. The molecule has 2 aromatic rings. The Hall–Kier alpha value is -2.33. The number of amides is 1. The molecule has 0 aromatic heterocycles. The van der Waals surface area contributed by atoms with Crippen LogP contribution < -0.4 is 15.4 Å². The molecule has 0 radical (unpaired) electrons. The Morgan fingerprint density at radius 3 is 2.61 bits per heavy atom. The van der Waals surface area contributed by atoms with E-state index in [9.17, 15) is 4.79 Å². The molecule has 0 aliphatic carbocycles. The third kappa shape index (κ3) is 5.42. The van der Waals surface area contributed by atoms with Crippen molar-refractivity contribution in [3.05, 3.63) is 59.7 Å². The minimum atomic E-state index is -0.560. The van der Waals surface area contributed by atoms with Crippen molar-refractivity contribution in [1.82, 2.24) is 5.32 Å². The van der Waals surface area contributed by atoms with Crippen molar-refractivity contribution in [2.45, 2.75) is 33.4 Å². The van der Waals surface area contributed by atoms with Crippen LogP contribution in [0.4, 0.5) is 5.69 Å². The Labute approximate surface area is 137 Å². The highest BCUT2D eigenvalue weighted by atomic mass is 16.5. The van der Waals surface area contributed by atoms with Crippen molar-refractivity contribution >= 4 is 11.6 Å². The van der Waals surface area contributed by atoms with Gasteiger partial charge >= 0.3 is 0 Å². The first kappa shape index (κ1) is 17.0. The lowest BCUT2D eigenvalue weighted by Crippen LogP contribution is -2.30. The van der Waals surface area contributed by atoms with Crippen LogP contribution in [0.3, 0.4) is 0 Å². The van der Waals surface area contributed by atoms with Gasteiger partial charge in [0, 0.05) is 12.2 Å². The van der Waals surface area contributed by atoms with E-state index in [0.717, 1.165) is 29.9 Å². The molecule has 2 rings (SSSR count). The van der Waals surface area contributed by atoms with Gasteiger partial charge in [0.15, 0.2) is 6.10 Å². The van der Waals surface area contributed by atoms with Gasteiger partial charge < -0.3 is 15.4 Å². The lowest BCUT2D eigenvalue weighted by atomic mass is 10.2. The summed E-state index contributed by atoms with van der Waals surface area (Å²) in [5.41, 5.74) is 3.08. The highest BCUT2D eigenvalue weighted by molar-refractivity contribution is 5.94. The lowest BCUT2D eigenvalue weighted by Gasteiger charge is -2.15. The topological polar surface area (TPSA) is 50.4 Å². The fourth-order valence-corrected chi connectivity index (χ4v) is 2.15. The molecule has 0 bridgehead atoms. The summed E-state index contributed by atoms with van der Waals surface area (Å²) >= 11 is 0. The molecule has 1 atom stereocenters. The third-order valence-electron chi connectivity index (χ3n) is 3.48. The zero-order valence-corrected chi connectivity index (χ0v) is 13.9. The van der Waals surface area contributed by atoms with E-state index in [0.29, 0.717) is 5.75 Å². The number of ether oxygens (including phenoxy) is 1. The fourth-order valence-electron chi connectivity index (χ4n) is 2.15. The largest absolute Gasteiger partial charge is 0.481 e. The number of benzene rings is 2.